The minimum Gasteiger partial charge on any atom is -0.394 e. The third-order valence-corrected chi connectivity index (χ3v) is 18.4. The second-order valence-electron chi connectivity index (χ2n) is 27.1. The molecule has 0 spiro atoms. The Labute approximate surface area is 590 Å². The van der Waals surface area contributed by atoms with Crippen LogP contribution in [0.15, 0.2) is 122 Å². The first kappa shape index (κ1) is 89.5. The molecule has 12 unspecified atom stereocenters. The van der Waals surface area contributed by atoms with Crippen LogP contribution in [0.3, 0.4) is 0 Å². The molecule has 2 aliphatic heterocycles. The zero-order chi connectivity index (χ0) is 70.1. The van der Waals surface area contributed by atoms with Gasteiger partial charge in [-0.3, -0.25) is 4.79 Å². The van der Waals surface area contributed by atoms with Crippen LogP contribution >= 0.6 is 0 Å². The lowest BCUT2D eigenvalue weighted by molar-refractivity contribution is -0.359. The summed E-state index contributed by atoms with van der Waals surface area (Å²) in [4.78, 5) is 13.4. The largest absolute Gasteiger partial charge is 0.394 e. The highest BCUT2D eigenvalue weighted by Crippen LogP contribution is 2.30. The Bertz CT molecular complexity index is 2100. The molecule has 0 radical (unpaired) electrons. The highest BCUT2D eigenvalue weighted by molar-refractivity contribution is 5.76. The van der Waals surface area contributed by atoms with Crippen LogP contribution in [0.4, 0.5) is 0 Å². The molecule has 2 heterocycles. The minimum atomic E-state index is -1.80. The van der Waals surface area contributed by atoms with Crippen molar-refractivity contribution < 1.29 is 64.6 Å². The van der Waals surface area contributed by atoms with Gasteiger partial charge in [-0.2, -0.15) is 0 Å². The van der Waals surface area contributed by atoms with Gasteiger partial charge in [0, 0.05) is 6.42 Å². The van der Waals surface area contributed by atoms with Crippen LogP contribution in [0.5, 0.6) is 0 Å². The molecule has 14 nitrogen and oxygen atoms in total. The zero-order valence-electron chi connectivity index (χ0n) is 61.0. The van der Waals surface area contributed by atoms with E-state index >= 15 is 0 Å². The van der Waals surface area contributed by atoms with Crippen LogP contribution in [-0.4, -0.2) is 140 Å². The van der Waals surface area contributed by atoms with E-state index in [1.54, 1.807) is 6.08 Å². The molecule has 0 saturated carbocycles. The number of hydrogen-bond acceptors (Lipinski definition) is 13. The van der Waals surface area contributed by atoms with E-state index in [0.29, 0.717) is 12.8 Å². The Hall–Kier alpha value is -3.61. The molecule has 14 heteroatoms. The van der Waals surface area contributed by atoms with E-state index in [4.69, 9.17) is 18.9 Å². The van der Waals surface area contributed by atoms with Crippen molar-refractivity contribution >= 4 is 5.91 Å². The number of carbonyl (C=O) groups is 1. The topological polar surface area (TPSA) is 228 Å². The van der Waals surface area contributed by atoms with Gasteiger partial charge in [0.05, 0.1) is 32.0 Å². The van der Waals surface area contributed by atoms with Crippen LogP contribution in [0, 0.1) is 0 Å². The number of nitrogens with one attached hydrogen (secondary N) is 1. The summed E-state index contributed by atoms with van der Waals surface area (Å²) in [6.07, 6.45) is 79.8. The molecule has 558 valence electrons. The number of rotatable bonds is 64. The van der Waals surface area contributed by atoms with Crippen LogP contribution in [0.1, 0.15) is 303 Å². The highest BCUT2D eigenvalue weighted by atomic mass is 16.7. The van der Waals surface area contributed by atoms with Crippen molar-refractivity contribution in [1.29, 1.82) is 0 Å². The van der Waals surface area contributed by atoms with Crippen LogP contribution < -0.4 is 5.32 Å². The summed E-state index contributed by atoms with van der Waals surface area (Å²) in [5.74, 6) is -0.260. The molecule has 1 amide bonds. The van der Waals surface area contributed by atoms with E-state index in [1.165, 1.54) is 173 Å². The van der Waals surface area contributed by atoms with Gasteiger partial charge in [-0.05, 0) is 96.3 Å². The van der Waals surface area contributed by atoms with E-state index in [9.17, 15) is 45.6 Å². The van der Waals surface area contributed by atoms with Gasteiger partial charge in [0.15, 0.2) is 12.6 Å². The summed E-state index contributed by atoms with van der Waals surface area (Å²) in [5, 5.41) is 87.6. The number of aliphatic hydroxyl groups is 8. The first-order valence-corrected chi connectivity index (χ1v) is 39.3. The van der Waals surface area contributed by atoms with Crippen molar-refractivity contribution in [3.8, 4) is 0 Å². The minimum absolute atomic E-state index is 0.256. The van der Waals surface area contributed by atoms with Crippen LogP contribution in [0.25, 0.3) is 0 Å². The van der Waals surface area contributed by atoms with E-state index in [0.717, 1.165) is 96.3 Å². The lowest BCUT2D eigenvalue weighted by atomic mass is 9.97. The molecule has 0 aliphatic carbocycles. The highest BCUT2D eigenvalue weighted by Gasteiger charge is 2.51. The van der Waals surface area contributed by atoms with Crippen molar-refractivity contribution in [1.82, 2.24) is 5.32 Å². The van der Waals surface area contributed by atoms with Gasteiger partial charge in [-0.15, -0.1) is 0 Å². The van der Waals surface area contributed by atoms with Gasteiger partial charge in [0.1, 0.15) is 48.8 Å². The van der Waals surface area contributed by atoms with Crippen molar-refractivity contribution in [3.05, 3.63) is 122 Å². The van der Waals surface area contributed by atoms with E-state index in [2.05, 4.69) is 129 Å². The fourth-order valence-corrected chi connectivity index (χ4v) is 12.2. The Balaban J connectivity index is 1.67. The summed E-state index contributed by atoms with van der Waals surface area (Å²) >= 11 is 0. The lowest BCUT2D eigenvalue weighted by Gasteiger charge is -2.46. The second kappa shape index (κ2) is 65.7. The van der Waals surface area contributed by atoms with Gasteiger partial charge >= 0.3 is 0 Å². The number of ether oxygens (including phenoxy) is 4. The Morgan fingerprint density at radius 2 is 0.722 bits per heavy atom. The summed E-state index contributed by atoms with van der Waals surface area (Å²) < 4.78 is 22.9. The molecular formula is C83H143NO13. The molecule has 97 heavy (non-hydrogen) atoms. The van der Waals surface area contributed by atoms with Gasteiger partial charge in [0.25, 0.3) is 0 Å². The smallest absolute Gasteiger partial charge is 0.220 e. The molecule has 2 rings (SSSR count). The molecule has 0 bridgehead atoms. The average molecular weight is 1360 g/mol. The fourth-order valence-electron chi connectivity index (χ4n) is 12.2. The number of allylic oxidation sites excluding steroid dienone is 19. The molecule has 9 N–H and O–H groups in total. The standard InChI is InChI=1S/C83H143NO13/c1-3-5-7-9-11-13-15-17-19-21-23-25-27-29-31-33-35-36-37-39-41-43-45-47-49-51-53-55-57-59-61-63-65-67-75(88)84-71(70-94-82-80(93)78(91)81(74(69-86)96-82)97-83-79(92)77(90)76(89)73(68-85)95-83)72(87)66-64-62-60-58-56-54-52-50-48-46-44-42-40-38-34-32-30-28-26-24-22-20-18-16-14-12-10-8-6-4-2/h5,7,11,13,17,19,23,25,29,31,35-36,39,41,45,47,56,58,64,66,71-74,76-83,85-87,89-93H,3-4,6,8-10,12,14-16,18,20-22,24,26-28,30,32-34,37-38,40,42-44,46,48-55,57,59-63,65,67-70H2,1-2H3,(H,84,88)/b7-5-,13-11-,19-17-,25-23-,31-29-,36-35-,41-39-,47-45-,58-56+,66-64+. The zero-order valence-corrected chi connectivity index (χ0v) is 61.0. The van der Waals surface area contributed by atoms with Gasteiger partial charge in [0.2, 0.25) is 5.91 Å². The van der Waals surface area contributed by atoms with Gasteiger partial charge in [-0.25, -0.2) is 0 Å². The Morgan fingerprint density at radius 3 is 1.13 bits per heavy atom. The summed E-state index contributed by atoms with van der Waals surface area (Å²) in [5.41, 5.74) is 0. The molecule has 0 aromatic heterocycles. The van der Waals surface area contributed by atoms with E-state index in [-0.39, 0.29) is 18.9 Å². The number of amides is 1. The number of unbranched alkanes of at least 4 members (excludes halogenated alkanes) is 33. The lowest BCUT2D eigenvalue weighted by Crippen LogP contribution is -2.65. The van der Waals surface area contributed by atoms with Crippen molar-refractivity contribution in [2.45, 2.75) is 376 Å². The maximum absolute atomic E-state index is 13.4. The average Bonchev–Trinajstić information content (AvgIpc) is 0.794. The SMILES string of the molecule is CC/C=C\C/C=C\C/C=C\C/C=C\C/C=C\C/C=C\C/C=C\C/C=C\CCCCCCCCCCC(=O)NC(COC1OC(CO)C(OC2OC(CO)C(O)C(O)C2O)C(O)C1O)C(O)/C=C/CC/C=C/CCCCCCCCCCCCCCCCCCCCCCCCCC. The second-order valence-corrected chi connectivity index (χ2v) is 27.1. The van der Waals surface area contributed by atoms with E-state index < -0.39 is 86.8 Å². The molecule has 2 aliphatic rings. The van der Waals surface area contributed by atoms with Gasteiger partial charge in [-0.1, -0.05) is 322 Å². The Kier molecular flexibility index (Phi) is 60.6. The molecule has 0 aromatic carbocycles. The molecule has 2 saturated heterocycles. The number of aliphatic hydroxyl groups excluding tert-OH is 8. The van der Waals surface area contributed by atoms with Crippen LogP contribution in [-0.2, 0) is 23.7 Å². The third kappa shape index (κ3) is 48.8. The molecule has 12 atom stereocenters. The first-order valence-electron chi connectivity index (χ1n) is 39.3. The summed E-state index contributed by atoms with van der Waals surface area (Å²) in [6.45, 7) is 2.69. The monoisotopic (exact) mass is 1360 g/mol. The molecule has 2 fully saturated rings. The van der Waals surface area contributed by atoms with Crippen molar-refractivity contribution in [2.75, 3.05) is 19.8 Å². The Morgan fingerprint density at radius 1 is 0.381 bits per heavy atom. The normalized spacial score (nSPS) is 22.8. The molecular weight excluding hydrogens is 1220 g/mol. The van der Waals surface area contributed by atoms with E-state index in [1.807, 2.05) is 6.08 Å². The predicted molar refractivity (Wildman–Crippen MR) is 401 cm³/mol. The quantitative estimate of drug-likeness (QED) is 0.0204. The van der Waals surface area contributed by atoms with Crippen molar-refractivity contribution in [2.24, 2.45) is 0 Å². The number of carbonyl (C=O) groups excluding carboxylic acids is 1. The maximum atomic E-state index is 13.4. The maximum Gasteiger partial charge on any atom is 0.220 e. The van der Waals surface area contributed by atoms with Crippen molar-refractivity contribution in [3.63, 3.8) is 0 Å². The third-order valence-electron chi connectivity index (χ3n) is 18.4. The number of hydrogen-bond donors (Lipinski definition) is 9. The first-order chi connectivity index (χ1) is 47.6. The summed E-state index contributed by atoms with van der Waals surface area (Å²) in [7, 11) is 0. The summed E-state index contributed by atoms with van der Waals surface area (Å²) in [6, 6.07) is -0.947. The molecule has 0 aromatic rings. The fraction of sp³-hybridized carbons (Fsp3) is 0.747. The van der Waals surface area contributed by atoms with Gasteiger partial charge < -0.3 is 65.1 Å². The predicted octanol–water partition coefficient (Wildman–Crippen LogP) is 17.6. The van der Waals surface area contributed by atoms with Crippen LogP contribution in [0.2, 0.25) is 0 Å².